The molecular formula is C13H18N2O3. The third kappa shape index (κ3) is 3.48. The van der Waals surface area contributed by atoms with E-state index in [0.717, 1.165) is 0 Å². The van der Waals surface area contributed by atoms with Gasteiger partial charge in [-0.15, -0.1) is 0 Å². The van der Waals surface area contributed by atoms with Crippen LogP contribution in [0.3, 0.4) is 0 Å². The molecule has 0 heterocycles. The van der Waals surface area contributed by atoms with Gasteiger partial charge in [0.1, 0.15) is 0 Å². The maximum atomic E-state index is 12.0. The lowest BCUT2D eigenvalue weighted by Gasteiger charge is -2.20. The number of amides is 1. The monoisotopic (exact) mass is 250 g/mol. The molecule has 5 heteroatoms. The zero-order valence-corrected chi connectivity index (χ0v) is 10.8. The molecule has 2 N–H and O–H groups in total. The smallest absolute Gasteiger partial charge is 0.310 e. The lowest BCUT2D eigenvalue weighted by atomic mass is 10.1. The Bertz CT molecular complexity index is 428. The number of methoxy groups -OCH3 is 1. The zero-order valence-electron chi connectivity index (χ0n) is 10.8. The summed E-state index contributed by atoms with van der Waals surface area (Å²) in [6, 6.07) is 6.67. The number of nitrogens with two attached hydrogens (primary N) is 1. The second kappa shape index (κ2) is 6.05. The van der Waals surface area contributed by atoms with E-state index in [2.05, 4.69) is 4.74 Å². The van der Waals surface area contributed by atoms with Gasteiger partial charge in [-0.3, -0.25) is 9.59 Å². The zero-order chi connectivity index (χ0) is 13.7. The number of benzene rings is 1. The minimum Gasteiger partial charge on any atom is -0.469 e. The minimum absolute atomic E-state index is 0.147. The van der Waals surface area contributed by atoms with Crippen LogP contribution in [0.5, 0.6) is 0 Å². The van der Waals surface area contributed by atoms with Crippen molar-refractivity contribution in [2.24, 2.45) is 5.92 Å². The molecule has 1 amide bonds. The Kier molecular flexibility index (Phi) is 4.71. The number of nitrogen functional groups attached to an aromatic ring is 1. The fourth-order valence-corrected chi connectivity index (χ4v) is 1.62. The molecule has 0 saturated heterocycles. The van der Waals surface area contributed by atoms with Gasteiger partial charge in [0, 0.05) is 24.8 Å². The predicted octanol–water partition coefficient (Wildman–Crippen LogP) is 1.15. The summed E-state index contributed by atoms with van der Waals surface area (Å²) in [6.07, 6.45) is 0. The van der Waals surface area contributed by atoms with Crippen LogP contribution in [0.4, 0.5) is 5.69 Å². The Morgan fingerprint density at radius 2 is 1.89 bits per heavy atom. The van der Waals surface area contributed by atoms with Crippen molar-refractivity contribution in [3.8, 4) is 0 Å². The van der Waals surface area contributed by atoms with Crippen molar-refractivity contribution in [3.05, 3.63) is 29.8 Å². The number of hydrogen-bond donors (Lipinski definition) is 1. The first-order valence-corrected chi connectivity index (χ1v) is 5.64. The molecule has 1 rings (SSSR count). The van der Waals surface area contributed by atoms with Crippen molar-refractivity contribution < 1.29 is 14.3 Å². The molecule has 0 aliphatic rings. The Morgan fingerprint density at radius 1 is 1.33 bits per heavy atom. The molecule has 1 unspecified atom stereocenters. The quantitative estimate of drug-likeness (QED) is 0.642. The van der Waals surface area contributed by atoms with Crippen LogP contribution in [0.15, 0.2) is 24.3 Å². The summed E-state index contributed by atoms with van der Waals surface area (Å²) in [5.74, 6) is -0.824. The second-order valence-electron chi connectivity index (χ2n) is 4.23. The Hall–Kier alpha value is -2.04. The SMILES string of the molecule is COC(=O)C(C)CN(C)C(=O)c1ccc(N)cc1. The number of hydrogen-bond acceptors (Lipinski definition) is 4. The van der Waals surface area contributed by atoms with Gasteiger partial charge >= 0.3 is 5.97 Å². The van der Waals surface area contributed by atoms with Gasteiger partial charge in [0.2, 0.25) is 0 Å². The molecule has 1 aromatic carbocycles. The third-order valence-corrected chi connectivity index (χ3v) is 2.66. The molecule has 0 saturated carbocycles. The van der Waals surface area contributed by atoms with E-state index in [-0.39, 0.29) is 17.8 Å². The Morgan fingerprint density at radius 3 is 2.39 bits per heavy atom. The second-order valence-corrected chi connectivity index (χ2v) is 4.23. The average Bonchev–Trinajstić information content (AvgIpc) is 2.37. The topological polar surface area (TPSA) is 72.6 Å². The Balaban J connectivity index is 2.67. The lowest BCUT2D eigenvalue weighted by Crippen LogP contribution is -2.34. The molecule has 0 radical (unpaired) electrons. The highest BCUT2D eigenvalue weighted by molar-refractivity contribution is 5.94. The van der Waals surface area contributed by atoms with Crippen LogP contribution in [-0.2, 0) is 9.53 Å². The van der Waals surface area contributed by atoms with E-state index in [1.165, 1.54) is 12.0 Å². The van der Waals surface area contributed by atoms with Crippen molar-refractivity contribution in [3.63, 3.8) is 0 Å². The summed E-state index contributed by atoms with van der Waals surface area (Å²) in [4.78, 5) is 24.8. The van der Waals surface area contributed by atoms with E-state index in [4.69, 9.17) is 5.73 Å². The molecule has 0 fully saturated rings. The van der Waals surface area contributed by atoms with E-state index < -0.39 is 0 Å². The largest absolute Gasteiger partial charge is 0.469 e. The van der Waals surface area contributed by atoms with E-state index >= 15 is 0 Å². The van der Waals surface area contributed by atoms with E-state index in [0.29, 0.717) is 17.8 Å². The van der Waals surface area contributed by atoms with Crippen LogP contribution in [0.1, 0.15) is 17.3 Å². The molecule has 0 spiro atoms. The highest BCUT2D eigenvalue weighted by Crippen LogP contribution is 2.09. The Labute approximate surface area is 107 Å². The van der Waals surface area contributed by atoms with Gasteiger partial charge < -0.3 is 15.4 Å². The summed E-state index contributed by atoms with van der Waals surface area (Å²) in [5.41, 5.74) is 6.71. The fourth-order valence-electron chi connectivity index (χ4n) is 1.62. The summed E-state index contributed by atoms with van der Waals surface area (Å²) in [6.45, 7) is 2.04. The van der Waals surface area contributed by atoms with Crippen molar-refractivity contribution in [2.45, 2.75) is 6.92 Å². The third-order valence-electron chi connectivity index (χ3n) is 2.66. The number of ether oxygens (including phenoxy) is 1. The van der Waals surface area contributed by atoms with Gasteiger partial charge in [-0.05, 0) is 24.3 Å². The molecule has 0 bridgehead atoms. The van der Waals surface area contributed by atoms with Crippen LogP contribution in [-0.4, -0.2) is 37.5 Å². The van der Waals surface area contributed by atoms with Crippen molar-refractivity contribution in [1.82, 2.24) is 4.90 Å². The molecule has 98 valence electrons. The van der Waals surface area contributed by atoms with Gasteiger partial charge in [0.15, 0.2) is 0 Å². The van der Waals surface area contributed by atoms with Gasteiger partial charge in [0.25, 0.3) is 5.91 Å². The van der Waals surface area contributed by atoms with Gasteiger partial charge in [-0.2, -0.15) is 0 Å². The molecule has 0 aliphatic heterocycles. The number of carbonyl (C=O) groups excluding carboxylic acids is 2. The molecule has 0 aromatic heterocycles. The molecule has 18 heavy (non-hydrogen) atoms. The number of esters is 1. The molecule has 1 aromatic rings. The van der Waals surface area contributed by atoms with Crippen LogP contribution in [0.2, 0.25) is 0 Å². The highest BCUT2D eigenvalue weighted by Gasteiger charge is 2.19. The molecule has 5 nitrogen and oxygen atoms in total. The van der Waals surface area contributed by atoms with Crippen LogP contribution in [0.25, 0.3) is 0 Å². The standard InChI is InChI=1S/C13H18N2O3/c1-9(13(17)18-3)8-15(2)12(16)10-4-6-11(14)7-5-10/h4-7,9H,8,14H2,1-3H3. The summed E-state index contributed by atoms with van der Waals surface area (Å²) >= 11 is 0. The van der Waals surface area contributed by atoms with Gasteiger partial charge in [-0.1, -0.05) is 6.92 Å². The first-order valence-electron chi connectivity index (χ1n) is 5.64. The summed E-state index contributed by atoms with van der Waals surface area (Å²) in [7, 11) is 2.98. The number of anilines is 1. The van der Waals surface area contributed by atoms with Crippen LogP contribution in [0, 0.1) is 5.92 Å². The van der Waals surface area contributed by atoms with Crippen LogP contribution < -0.4 is 5.73 Å². The lowest BCUT2D eigenvalue weighted by molar-refractivity contribution is -0.145. The number of carbonyl (C=O) groups is 2. The first-order chi connectivity index (χ1) is 8.45. The fraction of sp³-hybridized carbons (Fsp3) is 0.385. The predicted molar refractivity (Wildman–Crippen MR) is 69.0 cm³/mol. The van der Waals surface area contributed by atoms with E-state index in [1.807, 2.05) is 0 Å². The summed E-state index contributed by atoms with van der Waals surface area (Å²) in [5, 5.41) is 0. The minimum atomic E-state index is -0.349. The van der Waals surface area contributed by atoms with Crippen molar-refractivity contribution in [1.29, 1.82) is 0 Å². The summed E-state index contributed by atoms with van der Waals surface area (Å²) < 4.78 is 4.62. The first kappa shape index (κ1) is 14.0. The normalized spacial score (nSPS) is 11.7. The van der Waals surface area contributed by atoms with Gasteiger partial charge in [0.05, 0.1) is 13.0 Å². The number of nitrogens with zero attached hydrogens (tertiary/aromatic N) is 1. The molecular weight excluding hydrogens is 232 g/mol. The molecule has 1 atom stereocenters. The van der Waals surface area contributed by atoms with Crippen LogP contribution >= 0.6 is 0 Å². The van der Waals surface area contributed by atoms with Gasteiger partial charge in [-0.25, -0.2) is 0 Å². The highest BCUT2D eigenvalue weighted by atomic mass is 16.5. The molecule has 0 aliphatic carbocycles. The maximum Gasteiger partial charge on any atom is 0.310 e. The number of rotatable bonds is 4. The van der Waals surface area contributed by atoms with Crippen molar-refractivity contribution in [2.75, 3.05) is 26.4 Å². The maximum absolute atomic E-state index is 12.0. The van der Waals surface area contributed by atoms with E-state index in [9.17, 15) is 9.59 Å². The van der Waals surface area contributed by atoms with Crippen molar-refractivity contribution >= 4 is 17.6 Å². The van der Waals surface area contributed by atoms with E-state index in [1.54, 1.807) is 38.2 Å². The average molecular weight is 250 g/mol.